The molecule has 0 aliphatic rings. The fourth-order valence-electron chi connectivity index (χ4n) is 1.80. The number of hydrogen-bond donors (Lipinski definition) is 2. The highest BCUT2D eigenvalue weighted by Gasteiger charge is 2.12. The van der Waals surface area contributed by atoms with Crippen LogP contribution in [-0.2, 0) is 0 Å². The van der Waals surface area contributed by atoms with Gasteiger partial charge in [0.05, 0.1) is 0 Å². The van der Waals surface area contributed by atoms with Crippen molar-refractivity contribution in [2.75, 3.05) is 11.1 Å². The number of carbonyl (C=O) groups excluding carboxylic acids is 1. The topological polar surface area (TPSA) is 94.0 Å². The molecule has 0 spiro atoms. The molecule has 3 rings (SSSR count). The van der Waals surface area contributed by atoms with Gasteiger partial charge in [-0.1, -0.05) is 29.4 Å². The third-order valence-corrected chi connectivity index (χ3v) is 2.68. The number of nitrogens with two attached hydrogens (primary N) is 1. The number of nitrogen functional groups attached to an aromatic ring is 1. The number of anilines is 2. The van der Waals surface area contributed by atoms with Gasteiger partial charge in [-0.3, -0.25) is 4.79 Å². The van der Waals surface area contributed by atoms with Gasteiger partial charge in [0.25, 0.3) is 5.91 Å². The maximum atomic E-state index is 12.0. The number of rotatable bonds is 2. The summed E-state index contributed by atoms with van der Waals surface area (Å²) in [7, 11) is 0. The first kappa shape index (κ1) is 11.2. The zero-order valence-corrected chi connectivity index (χ0v) is 9.83. The fraction of sp³-hybridized carbons (Fsp3) is 0. The predicted molar refractivity (Wildman–Crippen MR) is 70.6 cm³/mol. The van der Waals surface area contributed by atoms with Gasteiger partial charge in [-0.25, -0.2) is 4.98 Å². The normalized spacial score (nSPS) is 10.5. The molecule has 6 heteroatoms. The third kappa shape index (κ3) is 2.11. The number of hydrogen-bond acceptors (Lipinski definition) is 5. The Morgan fingerprint density at radius 2 is 2.11 bits per heavy atom. The summed E-state index contributed by atoms with van der Waals surface area (Å²) in [4.78, 5) is 16.1. The molecule has 94 valence electrons. The SMILES string of the molecule is Nc1nc(C(=O)Nc2ccon2)cc2ccccc12. The van der Waals surface area contributed by atoms with Crippen molar-refractivity contribution in [3.05, 3.63) is 48.4 Å². The number of fused-ring (bicyclic) bond motifs is 1. The van der Waals surface area contributed by atoms with E-state index >= 15 is 0 Å². The molecule has 0 fully saturated rings. The highest BCUT2D eigenvalue weighted by atomic mass is 16.5. The third-order valence-electron chi connectivity index (χ3n) is 2.68. The molecule has 0 saturated carbocycles. The summed E-state index contributed by atoms with van der Waals surface area (Å²) >= 11 is 0. The average Bonchev–Trinajstić information content (AvgIpc) is 2.91. The molecule has 2 heterocycles. The summed E-state index contributed by atoms with van der Waals surface area (Å²) in [6, 6.07) is 10.7. The molecule has 6 nitrogen and oxygen atoms in total. The zero-order chi connectivity index (χ0) is 13.2. The number of amides is 1. The second-order valence-corrected chi connectivity index (χ2v) is 3.95. The Kier molecular flexibility index (Phi) is 2.60. The van der Waals surface area contributed by atoms with Crippen molar-refractivity contribution in [2.45, 2.75) is 0 Å². The van der Waals surface area contributed by atoms with Crippen molar-refractivity contribution in [1.82, 2.24) is 10.1 Å². The van der Waals surface area contributed by atoms with Crippen LogP contribution in [0.5, 0.6) is 0 Å². The van der Waals surface area contributed by atoms with Gasteiger partial charge in [0.1, 0.15) is 17.8 Å². The van der Waals surface area contributed by atoms with Crippen LogP contribution in [0, 0.1) is 0 Å². The molecule has 19 heavy (non-hydrogen) atoms. The number of nitrogens with one attached hydrogen (secondary N) is 1. The van der Waals surface area contributed by atoms with E-state index in [1.807, 2.05) is 24.3 Å². The monoisotopic (exact) mass is 254 g/mol. The quantitative estimate of drug-likeness (QED) is 0.730. The zero-order valence-electron chi connectivity index (χ0n) is 9.83. The van der Waals surface area contributed by atoms with Crippen LogP contribution in [0.25, 0.3) is 10.8 Å². The second kappa shape index (κ2) is 4.41. The van der Waals surface area contributed by atoms with Crippen molar-refractivity contribution >= 4 is 28.3 Å². The minimum Gasteiger partial charge on any atom is -0.383 e. The molecule has 1 aromatic carbocycles. The van der Waals surface area contributed by atoms with Gasteiger partial charge in [0.2, 0.25) is 0 Å². The minimum atomic E-state index is -0.383. The van der Waals surface area contributed by atoms with E-state index in [9.17, 15) is 4.79 Å². The van der Waals surface area contributed by atoms with E-state index in [0.717, 1.165) is 10.8 Å². The van der Waals surface area contributed by atoms with Crippen LogP contribution in [0.2, 0.25) is 0 Å². The van der Waals surface area contributed by atoms with Crippen molar-refractivity contribution in [3.63, 3.8) is 0 Å². The molecule has 1 amide bonds. The summed E-state index contributed by atoms with van der Waals surface area (Å²) in [5.74, 6) is 0.272. The predicted octanol–water partition coefficient (Wildman–Crippen LogP) is 2.06. The summed E-state index contributed by atoms with van der Waals surface area (Å²) in [5.41, 5.74) is 6.08. The molecular weight excluding hydrogens is 244 g/mol. The lowest BCUT2D eigenvalue weighted by Gasteiger charge is -2.05. The van der Waals surface area contributed by atoms with Crippen molar-refractivity contribution in [2.24, 2.45) is 0 Å². The number of carbonyl (C=O) groups is 1. The summed E-state index contributed by atoms with van der Waals surface area (Å²) in [5, 5.41) is 7.85. The molecular formula is C13H10N4O2. The van der Waals surface area contributed by atoms with Crippen LogP contribution in [-0.4, -0.2) is 16.0 Å². The fourth-order valence-corrected chi connectivity index (χ4v) is 1.80. The second-order valence-electron chi connectivity index (χ2n) is 3.95. The maximum Gasteiger partial charge on any atom is 0.275 e. The van der Waals surface area contributed by atoms with Gasteiger partial charge in [-0.05, 0) is 11.5 Å². The lowest BCUT2D eigenvalue weighted by Crippen LogP contribution is -2.14. The molecule has 3 N–H and O–H groups in total. The molecule has 0 saturated heterocycles. The largest absolute Gasteiger partial charge is 0.383 e. The highest BCUT2D eigenvalue weighted by Crippen LogP contribution is 2.20. The van der Waals surface area contributed by atoms with Crippen LogP contribution >= 0.6 is 0 Å². The number of pyridine rings is 1. The Hall–Kier alpha value is -2.89. The van der Waals surface area contributed by atoms with Gasteiger partial charge in [-0.2, -0.15) is 0 Å². The van der Waals surface area contributed by atoms with Crippen LogP contribution in [0.1, 0.15) is 10.5 Å². The molecule has 3 aromatic rings. The van der Waals surface area contributed by atoms with E-state index < -0.39 is 0 Å². The Morgan fingerprint density at radius 1 is 1.26 bits per heavy atom. The molecule has 0 aliphatic carbocycles. The molecule has 0 unspecified atom stereocenters. The van der Waals surface area contributed by atoms with Crippen LogP contribution in [0.15, 0.2) is 47.2 Å². The van der Waals surface area contributed by atoms with Crippen molar-refractivity contribution in [3.8, 4) is 0 Å². The molecule has 0 aliphatic heterocycles. The van der Waals surface area contributed by atoms with Gasteiger partial charge in [0.15, 0.2) is 5.82 Å². The van der Waals surface area contributed by atoms with E-state index in [-0.39, 0.29) is 11.6 Å². The minimum absolute atomic E-state index is 0.235. The summed E-state index contributed by atoms with van der Waals surface area (Å²) in [6.45, 7) is 0. The average molecular weight is 254 g/mol. The Balaban J connectivity index is 1.98. The summed E-state index contributed by atoms with van der Waals surface area (Å²) < 4.78 is 4.64. The van der Waals surface area contributed by atoms with E-state index in [1.54, 1.807) is 12.1 Å². The van der Waals surface area contributed by atoms with E-state index in [2.05, 4.69) is 20.0 Å². The van der Waals surface area contributed by atoms with Crippen LogP contribution in [0.3, 0.4) is 0 Å². The standard InChI is InChI=1S/C13H10N4O2/c14-12-9-4-2-1-3-8(9)7-10(15-12)13(18)16-11-5-6-19-17-11/h1-7H,(H2,14,15)(H,16,17,18). The maximum absolute atomic E-state index is 12.0. The Bertz CT molecular complexity index is 737. The Labute approximate surface area is 108 Å². The Morgan fingerprint density at radius 3 is 2.89 bits per heavy atom. The number of benzene rings is 1. The van der Waals surface area contributed by atoms with Gasteiger partial charge in [-0.15, -0.1) is 0 Å². The van der Waals surface area contributed by atoms with Gasteiger partial charge in [0, 0.05) is 11.5 Å². The van der Waals surface area contributed by atoms with Gasteiger partial charge >= 0.3 is 0 Å². The molecule has 0 atom stereocenters. The lowest BCUT2D eigenvalue weighted by molar-refractivity contribution is 0.102. The van der Waals surface area contributed by atoms with Gasteiger partial charge < -0.3 is 15.6 Å². The molecule has 0 bridgehead atoms. The first-order valence-corrected chi connectivity index (χ1v) is 5.61. The van der Waals surface area contributed by atoms with Crippen LogP contribution in [0.4, 0.5) is 11.6 Å². The molecule has 2 aromatic heterocycles. The highest BCUT2D eigenvalue weighted by molar-refractivity contribution is 6.05. The number of nitrogens with zero attached hydrogens (tertiary/aromatic N) is 2. The van der Waals surface area contributed by atoms with E-state index in [1.165, 1.54) is 6.26 Å². The van der Waals surface area contributed by atoms with Crippen molar-refractivity contribution in [1.29, 1.82) is 0 Å². The smallest absolute Gasteiger partial charge is 0.275 e. The lowest BCUT2D eigenvalue weighted by atomic mass is 10.1. The van der Waals surface area contributed by atoms with E-state index in [4.69, 9.17) is 5.73 Å². The van der Waals surface area contributed by atoms with Crippen LogP contribution < -0.4 is 11.1 Å². The summed E-state index contributed by atoms with van der Waals surface area (Å²) in [6.07, 6.45) is 1.37. The number of aromatic nitrogens is 2. The first-order chi connectivity index (χ1) is 9.24. The molecule has 0 radical (unpaired) electrons. The first-order valence-electron chi connectivity index (χ1n) is 5.61. The van der Waals surface area contributed by atoms with Crippen molar-refractivity contribution < 1.29 is 9.32 Å². The van der Waals surface area contributed by atoms with E-state index in [0.29, 0.717) is 11.6 Å².